The normalized spacial score (nSPS) is 22.6. The number of carbonyl (C=O) groups excluding carboxylic acids is 3. The van der Waals surface area contributed by atoms with Gasteiger partial charge >= 0.3 is 0 Å². The van der Waals surface area contributed by atoms with E-state index in [-0.39, 0.29) is 35.9 Å². The van der Waals surface area contributed by atoms with Crippen LogP contribution in [0.15, 0.2) is 24.3 Å². The summed E-state index contributed by atoms with van der Waals surface area (Å²) in [5.41, 5.74) is -0.0623. The van der Waals surface area contributed by atoms with Crippen LogP contribution in [0, 0.1) is 11.7 Å². The molecule has 2 atom stereocenters. The van der Waals surface area contributed by atoms with Gasteiger partial charge in [0.25, 0.3) is 5.91 Å². The third-order valence-corrected chi connectivity index (χ3v) is 5.14. The topological polar surface area (TPSA) is 78.5 Å². The summed E-state index contributed by atoms with van der Waals surface area (Å²) < 4.78 is 14.0. The lowest BCUT2D eigenvalue weighted by molar-refractivity contribution is -0.128. The average molecular weight is 361 g/mol. The van der Waals surface area contributed by atoms with Gasteiger partial charge in [0.1, 0.15) is 11.9 Å². The van der Waals surface area contributed by atoms with E-state index in [4.69, 9.17) is 0 Å². The number of rotatable bonds is 5. The van der Waals surface area contributed by atoms with Crippen LogP contribution >= 0.6 is 0 Å². The van der Waals surface area contributed by atoms with E-state index in [0.717, 1.165) is 19.3 Å². The first kappa shape index (κ1) is 18.4. The Hall–Kier alpha value is -2.44. The lowest BCUT2D eigenvalue weighted by atomic mass is 9.84. The first-order valence-corrected chi connectivity index (χ1v) is 9.14. The Labute approximate surface area is 152 Å². The highest BCUT2D eigenvalue weighted by Crippen LogP contribution is 2.28. The number of halogens is 1. The third-order valence-electron chi connectivity index (χ3n) is 5.14. The minimum atomic E-state index is -0.714. The lowest BCUT2D eigenvalue weighted by Gasteiger charge is -2.26. The molecule has 7 heteroatoms. The lowest BCUT2D eigenvalue weighted by Crippen LogP contribution is -2.46. The number of benzene rings is 1. The predicted octanol–water partition coefficient (Wildman–Crippen LogP) is 1.46. The third kappa shape index (κ3) is 3.71. The van der Waals surface area contributed by atoms with Gasteiger partial charge in [-0.25, -0.2) is 4.39 Å². The molecule has 1 aromatic carbocycles. The number of nitrogens with zero attached hydrogens (tertiary/aromatic N) is 1. The number of hydrogen-bond donors (Lipinski definition) is 2. The zero-order valence-corrected chi connectivity index (χ0v) is 14.8. The fraction of sp³-hybridized carbons (Fsp3) is 0.526. The van der Waals surface area contributed by atoms with Crippen molar-refractivity contribution >= 4 is 17.7 Å². The van der Waals surface area contributed by atoms with Gasteiger partial charge < -0.3 is 15.5 Å². The summed E-state index contributed by atoms with van der Waals surface area (Å²) in [6.07, 6.45) is 3.17. The maximum absolute atomic E-state index is 14.0. The molecule has 2 fully saturated rings. The van der Waals surface area contributed by atoms with Gasteiger partial charge in [0.15, 0.2) is 0 Å². The molecule has 1 aliphatic carbocycles. The van der Waals surface area contributed by atoms with Crippen LogP contribution in [0.2, 0.25) is 0 Å². The fourth-order valence-corrected chi connectivity index (χ4v) is 3.48. The molecule has 140 valence electrons. The van der Waals surface area contributed by atoms with Crippen molar-refractivity contribution in [3.05, 3.63) is 35.6 Å². The van der Waals surface area contributed by atoms with Crippen LogP contribution in [0.4, 0.5) is 4.39 Å². The van der Waals surface area contributed by atoms with E-state index in [0.29, 0.717) is 13.0 Å². The van der Waals surface area contributed by atoms with E-state index in [1.54, 1.807) is 13.0 Å². The summed E-state index contributed by atoms with van der Waals surface area (Å²) in [6, 6.07) is 4.72. The van der Waals surface area contributed by atoms with Crippen LogP contribution < -0.4 is 10.6 Å². The van der Waals surface area contributed by atoms with Crippen molar-refractivity contribution in [3.63, 3.8) is 0 Å². The fourth-order valence-electron chi connectivity index (χ4n) is 3.48. The van der Waals surface area contributed by atoms with E-state index in [1.807, 2.05) is 0 Å². The second-order valence-corrected chi connectivity index (χ2v) is 6.92. The number of amides is 3. The predicted molar refractivity (Wildman–Crippen MR) is 93.8 cm³/mol. The van der Waals surface area contributed by atoms with Crippen LogP contribution in [-0.2, 0) is 9.59 Å². The molecule has 6 nitrogen and oxygen atoms in total. The molecule has 2 aliphatic rings. The maximum atomic E-state index is 14.0. The number of likely N-dealkylation sites (tertiary alicyclic amines) is 1. The Balaban J connectivity index is 1.76. The summed E-state index contributed by atoms with van der Waals surface area (Å²) in [5.74, 6) is -1.41. The highest BCUT2D eigenvalue weighted by atomic mass is 19.1. The second-order valence-electron chi connectivity index (χ2n) is 6.92. The van der Waals surface area contributed by atoms with E-state index in [2.05, 4.69) is 10.6 Å². The van der Waals surface area contributed by atoms with Gasteiger partial charge in [-0.15, -0.1) is 0 Å². The highest BCUT2D eigenvalue weighted by molar-refractivity contribution is 5.98. The number of hydrogen-bond acceptors (Lipinski definition) is 3. The molecule has 0 spiro atoms. The van der Waals surface area contributed by atoms with Crippen molar-refractivity contribution in [2.75, 3.05) is 13.1 Å². The van der Waals surface area contributed by atoms with Gasteiger partial charge in [0.05, 0.1) is 5.56 Å². The summed E-state index contributed by atoms with van der Waals surface area (Å²) in [6.45, 7) is 2.44. The van der Waals surface area contributed by atoms with Crippen molar-refractivity contribution in [2.24, 2.45) is 5.92 Å². The molecular weight excluding hydrogens is 337 g/mol. The van der Waals surface area contributed by atoms with Gasteiger partial charge in [0, 0.05) is 25.0 Å². The van der Waals surface area contributed by atoms with Gasteiger partial charge in [-0.2, -0.15) is 0 Å². The zero-order chi connectivity index (χ0) is 18.7. The molecule has 0 aromatic heterocycles. The molecule has 1 saturated heterocycles. The number of likely N-dealkylation sites (N-methyl/N-ethyl adjacent to an activating group) is 1. The molecule has 0 unspecified atom stereocenters. The van der Waals surface area contributed by atoms with Crippen LogP contribution in [0.25, 0.3) is 0 Å². The Bertz CT molecular complexity index is 705. The van der Waals surface area contributed by atoms with E-state index in [1.165, 1.54) is 23.1 Å². The van der Waals surface area contributed by atoms with Crippen LogP contribution in [0.5, 0.6) is 0 Å². The first-order chi connectivity index (χ1) is 12.5. The molecule has 2 N–H and O–H groups in total. The van der Waals surface area contributed by atoms with Crippen molar-refractivity contribution in [1.29, 1.82) is 0 Å². The monoisotopic (exact) mass is 361 g/mol. The molecule has 0 radical (unpaired) electrons. The van der Waals surface area contributed by atoms with Crippen LogP contribution in [0.3, 0.4) is 0 Å². The molecule has 1 aromatic rings. The smallest absolute Gasteiger partial charge is 0.257 e. The Kier molecular flexibility index (Phi) is 5.54. The largest absolute Gasteiger partial charge is 0.355 e. The van der Waals surface area contributed by atoms with E-state index in [9.17, 15) is 18.8 Å². The van der Waals surface area contributed by atoms with Crippen LogP contribution in [-0.4, -0.2) is 47.8 Å². The van der Waals surface area contributed by atoms with E-state index < -0.39 is 17.8 Å². The molecule has 3 rings (SSSR count). The maximum Gasteiger partial charge on any atom is 0.257 e. The molecular formula is C19H24FN3O3. The molecule has 1 heterocycles. The number of nitrogens with one attached hydrogen (secondary N) is 2. The number of carbonyl (C=O) groups is 3. The van der Waals surface area contributed by atoms with E-state index >= 15 is 0 Å². The summed E-state index contributed by atoms with van der Waals surface area (Å²) in [4.78, 5) is 38.8. The van der Waals surface area contributed by atoms with Crippen LogP contribution in [0.1, 0.15) is 43.0 Å². The molecule has 3 amide bonds. The van der Waals surface area contributed by atoms with Gasteiger partial charge in [-0.3, -0.25) is 14.4 Å². The van der Waals surface area contributed by atoms with Crippen molar-refractivity contribution in [2.45, 2.75) is 44.7 Å². The SMILES string of the molecule is CCNC(=O)[C@@H]1C[C@H](NC(=O)C2CCC2)CN1C(=O)c1ccccc1F. The minimum absolute atomic E-state index is 0.0175. The Morgan fingerprint density at radius 2 is 1.92 bits per heavy atom. The molecule has 1 aliphatic heterocycles. The van der Waals surface area contributed by atoms with Crippen molar-refractivity contribution in [3.8, 4) is 0 Å². The summed E-state index contributed by atoms with van der Waals surface area (Å²) >= 11 is 0. The Morgan fingerprint density at radius 3 is 2.54 bits per heavy atom. The van der Waals surface area contributed by atoms with Crippen molar-refractivity contribution in [1.82, 2.24) is 15.5 Å². The zero-order valence-electron chi connectivity index (χ0n) is 14.8. The quantitative estimate of drug-likeness (QED) is 0.833. The first-order valence-electron chi connectivity index (χ1n) is 9.14. The molecule has 26 heavy (non-hydrogen) atoms. The van der Waals surface area contributed by atoms with Gasteiger partial charge in [-0.05, 0) is 38.3 Å². The summed E-state index contributed by atoms with van der Waals surface area (Å²) in [7, 11) is 0. The molecule has 1 saturated carbocycles. The highest BCUT2D eigenvalue weighted by Gasteiger charge is 2.41. The van der Waals surface area contributed by atoms with Gasteiger partial charge in [-0.1, -0.05) is 18.6 Å². The minimum Gasteiger partial charge on any atom is -0.355 e. The Morgan fingerprint density at radius 1 is 1.19 bits per heavy atom. The summed E-state index contributed by atoms with van der Waals surface area (Å²) in [5, 5.41) is 5.67. The second kappa shape index (κ2) is 7.85. The van der Waals surface area contributed by atoms with Gasteiger partial charge in [0.2, 0.25) is 11.8 Å². The van der Waals surface area contributed by atoms with Crippen molar-refractivity contribution < 1.29 is 18.8 Å². The molecule has 0 bridgehead atoms. The standard InChI is InChI=1S/C19H24FN3O3/c1-2-21-18(25)16-10-13(22-17(24)12-6-5-7-12)11-23(16)19(26)14-8-3-4-9-15(14)20/h3-4,8-9,12-13,16H,2,5-7,10-11H2,1H3,(H,21,25)(H,22,24)/t13-,16-/m0/s1. The average Bonchev–Trinajstić information content (AvgIpc) is 2.97.